The van der Waals surface area contributed by atoms with Crippen molar-refractivity contribution in [2.24, 2.45) is 11.8 Å². The largest absolute Gasteiger partial charge is 0.481 e. The van der Waals surface area contributed by atoms with Crippen molar-refractivity contribution in [2.75, 3.05) is 5.32 Å². The summed E-state index contributed by atoms with van der Waals surface area (Å²) >= 11 is 3.42. The van der Waals surface area contributed by atoms with Crippen LogP contribution in [0.4, 0.5) is 5.69 Å². The van der Waals surface area contributed by atoms with Crippen molar-refractivity contribution in [3.05, 3.63) is 64.1 Å². The first-order chi connectivity index (χ1) is 13.4. The van der Waals surface area contributed by atoms with Crippen LogP contribution in [0.3, 0.4) is 0 Å². The standard InChI is InChI=1S/C23H26BrNO3/c1-14(2)15-8-12-18(13-9-15)25-22(26)20-5-3-4-19(21(20)23(27)28)16-6-10-17(24)11-7-16/h6-14,19-21H,3-5H2,1-2H3,(H,25,26)(H,27,28)/t19-,20+,21?/m1/s1. The van der Waals surface area contributed by atoms with Gasteiger partial charge in [-0.15, -0.1) is 0 Å². The molecule has 3 atom stereocenters. The molecule has 148 valence electrons. The van der Waals surface area contributed by atoms with Gasteiger partial charge in [0.2, 0.25) is 5.91 Å². The summed E-state index contributed by atoms with van der Waals surface area (Å²) in [6, 6.07) is 15.5. The fraction of sp³-hybridized carbons (Fsp3) is 0.391. The van der Waals surface area contributed by atoms with E-state index >= 15 is 0 Å². The predicted molar refractivity (Wildman–Crippen MR) is 115 cm³/mol. The van der Waals surface area contributed by atoms with E-state index in [9.17, 15) is 14.7 Å². The number of carbonyl (C=O) groups excluding carboxylic acids is 1. The zero-order valence-electron chi connectivity index (χ0n) is 16.2. The van der Waals surface area contributed by atoms with Crippen LogP contribution in [-0.2, 0) is 9.59 Å². The fourth-order valence-electron chi connectivity index (χ4n) is 4.11. The van der Waals surface area contributed by atoms with Crippen LogP contribution in [0, 0.1) is 11.8 Å². The lowest BCUT2D eigenvalue weighted by atomic mass is 9.69. The molecule has 5 heteroatoms. The van der Waals surface area contributed by atoms with Gasteiger partial charge in [-0.2, -0.15) is 0 Å². The molecule has 2 aromatic rings. The molecule has 0 aromatic heterocycles. The number of amides is 1. The van der Waals surface area contributed by atoms with Crippen LogP contribution in [0.1, 0.15) is 56.1 Å². The maximum atomic E-state index is 13.0. The van der Waals surface area contributed by atoms with E-state index in [2.05, 4.69) is 35.1 Å². The number of anilines is 1. The number of halogens is 1. The molecule has 0 heterocycles. The summed E-state index contributed by atoms with van der Waals surface area (Å²) < 4.78 is 0.957. The number of hydrogen-bond acceptors (Lipinski definition) is 2. The van der Waals surface area contributed by atoms with Gasteiger partial charge in [-0.05, 0) is 60.1 Å². The Labute approximate surface area is 174 Å². The lowest BCUT2D eigenvalue weighted by Gasteiger charge is -2.35. The second kappa shape index (κ2) is 8.91. The topological polar surface area (TPSA) is 66.4 Å². The summed E-state index contributed by atoms with van der Waals surface area (Å²) in [5, 5.41) is 12.9. The number of hydrogen-bond donors (Lipinski definition) is 2. The second-order valence-electron chi connectivity index (χ2n) is 7.83. The Morgan fingerprint density at radius 1 is 1.04 bits per heavy atom. The number of aliphatic carboxylic acids is 1. The molecule has 28 heavy (non-hydrogen) atoms. The first-order valence-electron chi connectivity index (χ1n) is 9.76. The average molecular weight is 444 g/mol. The monoisotopic (exact) mass is 443 g/mol. The number of rotatable bonds is 5. The number of carboxylic acids is 1. The highest BCUT2D eigenvalue weighted by atomic mass is 79.9. The zero-order valence-corrected chi connectivity index (χ0v) is 17.8. The Kier molecular flexibility index (Phi) is 6.55. The van der Waals surface area contributed by atoms with Gasteiger partial charge in [0.15, 0.2) is 0 Å². The lowest BCUT2D eigenvalue weighted by Crippen LogP contribution is -2.40. The minimum absolute atomic E-state index is 0.154. The highest BCUT2D eigenvalue weighted by Gasteiger charge is 2.42. The normalized spacial score (nSPS) is 22.1. The second-order valence-corrected chi connectivity index (χ2v) is 8.74. The summed E-state index contributed by atoms with van der Waals surface area (Å²) in [6.45, 7) is 4.24. The van der Waals surface area contributed by atoms with E-state index in [0.717, 1.165) is 22.9 Å². The number of benzene rings is 2. The third-order valence-corrected chi connectivity index (χ3v) is 6.19. The third kappa shape index (κ3) is 4.64. The van der Waals surface area contributed by atoms with E-state index in [0.29, 0.717) is 18.0 Å². The van der Waals surface area contributed by atoms with E-state index in [-0.39, 0.29) is 11.8 Å². The van der Waals surface area contributed by atoms with E-state index in [1.807, 2.05) is 48.5 Å². The van der Waals surface area contributed by atoms with E-state index < -0.39 is 17.8 Å². The van der Waals surface area contributed by atoms with E-state index in [1.54, 1.807) is 0 Å². The maximum absolute atomic E-state index is 13.0. The van der Waals surface area contributed by atoms with Crippen LogP contribution in [-0.4, -0.2) is 17.0 Å². The van der Waals surface area contributed by atoms with Crippen molar-refractivity contribution in [3.63, 3.8) is 0 Å². The molecule has 0 bridgehead atoms. The first-order valence-corrected chi connectivity index (χ1v) is 10.5. The van der Waals surface area contributed by atoms with Crippen LogP contribution in [0.15, 0.2) is 53.0 Å². The Morgan fingerprint density at radius 3 is 2.25 bits per heavy atom. The van der Waals surface area contributed by atoms with Gasteiger partial charge in [-0.1, -0.05) is 60.5 Å². The van der Waals surface area contributed by atoms with Crippen LogP contribution < -0.4 is 5.32 Å². The molecular weight excluding hydrogens is 418 g/mol. The summed E-state index contributed by atoms with van der Waals surface area (Å²) in [4.78, 5) is 25.1. The van der Waals surface area contributed by atoms with Crippen LogP contribution >= 0.6 is 15.9 Å². The molecule has 0 saturated heterocycles. The molecule has 1 unspecified atom stereocenters. The number of carboxylic acid groups (broad SMARTS) is 1. The molecule has 0 spiro atoms. The molecule has 1 saturated carbocycles. The molecule has 1 aliphatic rings. The van der Waals surface area contributed by atoms with E-state index in [4.69, 9.17) is 0 Å². The van der Waals surface area contributed by atoms with Crippen LogP contribution in [0.2, 0.25) is 0 Å². The van der Waals surface area contributed by atoms with Crippen molar-refractivity contribution in [3.8, 4) is 0 Å². The Balaban J connectivity index is 1.79. The third-order valence-electron chi connectivity index (χ3n) is 5.66. The minimum Gasteiger partial charge on any atom is -0.481 e. The van der Waals surface area contributed by atoms with Crippen molar-refractivity contribution in [1.29, 1.82) is 0 Å². The quantitative estimate of drug-likeness (QED) is 0.613. The van der Waals surface area contributed by atoms with Crippen LogP contribution in [0.5, 0.6) is 0 Å². The van der Waals surface area contributed by atoms with Crippen molar-refractivity contribution in [2.45, 2.75) is 44.9 Å². The zero-order chi connectivity index (χ0) is 20.3. The molecular formula is C23H26BrNO3. The van der Waals surface area contributed by atoms with E-state index in [1.165, 1.54) is 5.56 Å². The Hall–Kier alpha value is -2.14. The number of carbonyl (C=O) groups is 2. The molecule has 1 fully saturated rings. The van der Waals surface area contributed by atoms with Crippen molar-refractivity contribution in [1.82, 2.24) is 0 Å². The van der Waals surface area contributed by atoms with Crippen LogP contribution in [0.25, 0.3) is 0 Å². The van der Waals surface area contributed by atoms with Gasteiger partial charge in [0.25, 0.3) is 0 Å². The Morgan fingerprint density at radius 2 is 1.68 bits per heavy atom. The minimum atomic E-state index is -0.900. The smallest absolute Gasteiger partial charge is 0.307 e. The summed E-state index contributed by atoms with van der Waals surface area (Å²) in [5.41, 5.74) is 2.90. The van der Waals surface area contributed by atoms with Gasteiger partial charge in [0.1, 0.15) is 0 Å². The molecule has 4 nitrogen and oxygen atoms in total. The highest BCUT2D eigenvalue weighted by molar-refractivity contribution is 9.10. The predicted octanol–water partition coefficient (Wildman–Crippen LogP) is 5.80. The van der Waals surface area contributed by atoms with Crippen molar-refractivity contribution < 1.29 is 14.7 Å². The Bertz CT molecular complexity index is 830. The number of nitrogens with one attached hydrogen (secondary N) is 1. The summed E-state index contributed by atoms with van der Waals surface area (Å²) in [6.07, 6.45) is 2.22. The SMILES string of the molecule is CC(C)c1ccc(NC(=O)[C@H]2CCC[C@H](c3ccc(Br)cc3)C2C(=O)O)cc1. The van der Waals surface area contributed by atoms with Gasteiger partial charge in [0.05, 0.1) is 11.8 Å². The van der Waals surface area contributed by atoms with Gasteiger partial charge in [0, 0.05) is 10.2 Å². The molecule has 2 aromatic carbocycles. The van der Waals surface area contributed by atoms with Crippen molar-refractivity contribution >= 4 is 33.5 Å². The lowest BCUT2D eigenvalue weighted by molar-refractivity contribution is -0.148. The highest BCUT2D eigenvalue weighted by Crippen LogP contribution is 2.42. The maximum Gasteiger partial charge on any atom is 0.307 e. The summed E-state index contributed by atoms with van der Waals surface area (Å²) in [7, 11) is 0. The average Bonchev–Trinajstić information content (AvgIpc) is 2.68. The van der Waals surface area contributed by atoms with Gasteiger partial charge < -0.3 is 10.4 Å². The fourth-order valence-corrected chi connectivity index (χ4v) is 4.37. The molecule has 3 rings (SSSR count). The molecule has 0 radical (unpaired) electrons. The summed E-state index contributed by atoms with van der Waals surface area (Å²) in [5.74, 6) is -2.09. The molecule has 1 aliphatic carbocycles. The van der Waals surface area contributed by atoms with Gasteiger partial charge in [-0.25, -0.2) is 0 Å². The van der Waals surface area contributed by atoms with Gasteiger partial charge in [-0.3, -0.25) is 9.59 Å². The molecule has 1 amide bonds. The first kappa shape index (κ1) is 20.6. The molecule has 2 N–H and O–H groups in total. The van der Waals surface area contributed by atoms with Gasteiger partial charge >= 0.3 is 5.97 Å². The molecule has 0 aliphatic heterocycles.